The highest BCUT2D eigenvalue weighted by atomic mass is 79.9. The summed E-state index contributed by atoms with van der Waals surface area (Å²) >= 11 is 9.30. The molecule has 0 aliphatic heterocycles. The quantitative estimate of drug-likeness (QED) is 0.506. The molecule has 0 bridgehead atoms. The molecule has 28 heavy (non-hydrogen) atoms. The molecule has 0 spiro atoms. The first-order valence-electron chi connectivity index (χ1n) is 8.55. The summed E-state index contributed by atoms with van der Waals surface area (Å²) in [6.07, 6.45) is 2.77. The van der Waals surface area contributed by atoms with E-state index < -0.39 is 6.10 Å². The Morgan fingerprint density at radius 3 is 2.82 bits per heavy atom. The van der Waals surface area contributed by atoms with Crippen molar-refractivity contribution in [2.24, 2.45) is 0 Å². The van der Waals surface area contributed by atoms with Gasteiger partial charge in [0.2, 0.25) is 0 Å². The van der Waals surface area contributed by atoms with Gasteiger partial charge in [0.15, 0.2) is 6.10 Å². The van der Waals surface area contributed by atoms with Gasteiger partial charge in [-0.3, -0.25) is 9.78 Å². The second-order valence-corrected chi connectivity index (χ2v) is 7.29. The molecule has 1 unspecified atom stereocenters. The van der Waals surface area contributed by atoms with Crippen LogP contribution in [0.1, 0.15) is 12.5 Å². The zero-order chi connectivity index (χ0) is 19.9. The van der Waals surface area contributed by atoms with Gasteiger partial charge in [0, 0.05) is 34.7 Å². The normalized spacial score (nSPS) is 11.5. The third-order valence-electron chi connectivity index (χ3n) is 3.80. The minimum atomic E-state index is -0.697. The van der Waals surface area contributed by atoms with E-state index in [1.54, 1.807) is 49.6 Å². The van der Waals surface area contributed by atoms with Gasteiger partial charge < -0.3 is 14.8 Å². The molecule has 2 aromatic carbocycles. The molecule has 0 fully saturated rings. The van der Waals surface area contributed by atoms with Gasteiger partial charge in [-0.2, -0.15) is 0 Å². The smallest absolute Gasteiger partial charge is 0.265 e. The molecule has 3 rings (SSSR count). The van der Waals surface area contributed by atoms with Crippen molar-refractivity contribution in [3.05, 3.63) is 82.0 Å². The first kappa shape index (κ1) is 20.2. The lowest BCUT2D eigenvalue weighted by Crippen LogP contribution is -2.30. The Bertz CT molecular complexity index is 953. The van der Waals surface area contributed by atoms with E-state index in [1.807, 2.05) is 24.3 Å². The first-order valence-corrected chi connectivity index (χ1v) is 9.73. The van der Waals surface area contributed by atoms with Gasteiger partial charge >= 0.3 is 0 Å². The molecular weight excluding hydrogens is 444 g/mol. The average Bonchev–Trinajstić information content (AvgIpc) is 2.69. The van der Waals surface area contributed by atoms with Gasteiger partial charge in [-0.15, -0.1) is 0 Å². The summed E-state index contributed by atoms with van der Waals surface area (Å²) in [6, 6.07) is 16.1. The van der Waals surface area contributed by atoms with E-state index >= 15 is 0 Å². The number of ether oxygens (including phenoxy) is 2. The Morgan fingerprint density at radius 2 is 2.07 bits per heavy atom. The maximum atomic E-state index is 12.5. The van der Waals surface area contributed by atoms with Crippen molar-refractivity contribution in [2.75, 3.05) is 5.32 Å². The van der Waals surface area contributed by atoms with Crippen LogP contribution >= 0.6 is 27.5 Å². The lowest BCUT2D eigenvalue weighted by Gasteiger charge is -2.16. The van der Waals surface area contributed by atoms with E-state index in [9.17, 15) is 4.79 Å². The van der Waals surface area contributed by atoms with Crippen LogP contribution in [0.25, 0.3) is 0 Å². The zero-order valence-electron chi connectivity index (χ0n) is 15.1. The van der Waals surface area contributed by atoms with Crippen LogP contribution in [0, 0.1) is 0 Å². The number of carbonyl (C=O) groups is 1. The van der Waals surface area contributed by atoms with Crippen LogP contribution in [0.4, 0.5) is 5.69 Å². The largest absolute Gasteiger partial charge is 0.489 e. The molecule has 5 nitrogen and oxygen atoms in total. The number of aromatic nitrogens is 1. The Hall–Kier alpha value is -2.57. The summed E-state index contributed by atoms with van der Waals surface area (Å²) in [7, 11) is 0. The molecule has 7 heteroatoms. The minimum absolute atomic E-state index is 0.272. The van der Waals surface area contributed by atoms with Gasteiger partial charge in [-0.05, 0) is 59.3 Å². The summed E-state index contributed by atoms with van der Waals surface area (Å²) in [5.41, 5.74) is 1.59. The van der Waals surface area contributed by atoms with Crippen LogP contribution in [0.5, 0.6) is 11.5 Å². The number of benzene rings is 2. The zero-order valence-corrected chi connectivity index (χ0v) is 17.4. The van der Waals surface area contributed by atoms with Crippen molar-refractivity contribution in [1.82, 2.24) is 4.98 Å². The van der Waals surface area contributed by atoms with Gasteiger partial charge in [0.25, 0.3) is 5.91 Å². The van der Waals surface area contributed by atoms with E-state index in [1.165, 1.54) is 0 Å². The monoisotopic (exact) mass is 460 g/mol. The van der Waals surface area contributed by atoms with Crippen molar-refractivity contribution in [3.8, 4) is 11.5 Å². The molecule has 0 aliphatic carbocycles. The summed E-state index contributed by atoms with van der Waals surface area (Å²) < 4.78 is 12.2. The standard InChI is InChI=1S/C21H18BrClN2O3/c1-14(28-20-8-7-16(23)10-19(20)22)21(26)25-17-5-2-6-18(11-17)27-13-15-4-3-9-24-12-15/h2-12,14H,13H2,1H3,(H,25,26). The highest BCUT2D eigenvalue weighted by Gasteiger charge is 2.16. The number of rotatable bonds is 7. The lowest BCUT2D eigenvalue weighted by molar-refractivity contribution is -0.122. The molecule has 1 amide bonds. The molecule has 0 radical (unpaired) electrons. The van der Waals surface area contributed by atoms with Crippen LogP contribution < -0.4 is 14.8 Å². The number of carbonyl (C=O) groups excluding carboxylic acids is 1. The van der Waals surface area contributed by atoms with Gasteiger partial charge in [0.05, 0.1) is 4.47 Å². The van der Waals surface area contributed by atoms with E-state index in [4.69, 9.17) is 21.1 Å². The molecule has 0 saturated carbocycles. The number of hydrogen-bond acceptors (Lipinski definition) is 4. The maximum absolute atomic E-state index is 12.5. The van der Waals surface area contributed by atoms with Crippen LogP contribution in [-0.4, -0.2) is 17.0 Å². The lowest BCUT2D eigenvalue weighted by atomic mass is 10.2. The topological polar surface area (TPSA) is 60.5 Å². The molecular formula is C21H18BrClN2O3. The summed E-state index contributed by atoms with van der Waals surface area (Å²) in [5.74, 6) is 0.919. The van der Waals surface area contributed by atoms with Crippen molar-refractivity contribution < 1.29 is 14.3 Å². The molecule has 3 aromatic rings. The highest BCUT2D eigenvalue weighted by Crippen LogP contribution is 2.29. The Kier molecular flexibility index (Phi) is 6.90. The van der Waals surface area contributed by atoms with Crippen LogP contribution in [0.15, 0.2) is 71.5 Å². The predicted octanol–water partition coefficient (Wildman–Crippen LogP) is 5.48. The number of anilines is 1. The summed E-state index contributed by atoms with van der Waals surface area (Å²) in [5, 5.41) is 3.42. The fourth-order valence-electron chi connectivity index (χ4n) is 2.37. The number of nitrogens with one attached hydrogen (secondary N) is 1. The number of nitrogens with zero attached hydrogens (tertiary/aromatic N) is 1. The average molecular weight is 462 g/mol. The summed E-state index contributed by atoms with van der Waals surface area (Å²) in [4.78, 5) is 16.5. The van der Waals surface area contributed by atoms with Crippen molar-refractivity contribution in [1.29, 1.82) is 0 Å². The molecule has 0 saturated heterocycles. The Morgan fingerprint density at radius 1 is 1.21 bits per heavy atom. The van der Waals surface area contributed by atoms with Crippen molar-refractivity contribution >= 4 is 39.1 Å². The summed E-state index contributed by atoms with van der Waals surface area (Å²) in [6.45, 7) is 2.08. The molecule has 1 heterocycles. The fourth-order valence-corrected chi connectivity index (χ4v) is 3.15. The van der Waals surface area contributed by atoms with E-state index in [-0.39, 0.29) is 5.91 Å². The van der Waals surface area contributed by atoms with Crippen LogP contribution in [0.3, 0.4) is 0 Å². The predicted molar refractivity (Wildman–Crippen MR) is 113 cm³/mol. The Labute approximate surface area is 176 Å². The van der Waals surface area contributed by atoms with Crippen LogP contribution in [0.2, 0.25) is 5.02 Å². The fraction of sp³-hybridized carbons (Fsp3) is 0.143. The molecule has 144 valence electrons. The second-order valence-electron chi connectivity index (χ2n) is 6.00. The number of pyridine rings is 1. The molecule has 1 aromatic heterocycles. The van der Waals surface area contributed by atoms with Crippen molar-refractivity contribution in [2.45, 2.75) is 19.6 Å². The van der Waals surface area contributed by atoms with Crippen LogP contribution in [-0.2, 0) is 11.4 Å². The number of hydrogen-bond donors (Lipinski definition) is 1. The minimum Gasteiger partial charge on any atom is -0.489 e. The molecule has 1 N–H and O–H groups in total. The number of halogens is 2. The molecule has 0 aliphatic rings. The van der Waals surface area contributed by atoms with E-state index in [0.717, 1.165) is 5.56 Å². The number of amides is 1. The van der Waals surface area contributed by atoms with E-state index in [0.29, 0.717) is 33.3 Å². The highest BCUT2D eigenvalue weighted by molar-refractivity contribution is 9.10. The Balaban J connectivity index is 1.58. The second kappa shape index (κ2) is 9.57. The third kappa shape index (κ3) is 5.71. The van der Waals surface area contributed by atoms with Gasteiger partial charge in [-0.25, -0.2) is 0 Å². The first-order chi connectivity index (χ1) is 13.5. The van der Waals surface area contributed by atoms with Gasteiger partial charge in [-0.1, -0.05) is 23.7 Å². The van der Waals surface area contributed by atoms with Crippen molar-refractivity contribution in [3.63, 3.8) is 0 Å². The SMILES string of the molecule is CC(Oc1ccc(Cl)cc1Br)C(=O)Nc1cccc(OCc2cccnc2)c1. The third-order valence-corrected chi connectivity index (χ3v) is 4.65. The molecule has 1 atom stereocenters. The van der Waals surface area contributed by atoms with E-state index in [2.05, 4.69) is 26.2 Å². The van der Waals surface area contributed by atoms with Gasteiger partial charge in [0.1, 0.15) is 18.1 Å². The maximum Gasteiger partial charge on any atom is 0.265 e.